The van der Waals surface area contributed by atoms with Crippen LogP contribution in [0.25, 0.3) is 0 Å². The molecule has 0 spiro atoms. The first-order valence-corrected chi connectivity index (χ1v) is 6.84. The highest BCUT2D eigenvalue weighted by atomic mass is 16.4. The summed E-state index contributed by atoms with van der Waals surface area (Å²) in [5.74, 6) is -0.607. The Morgan fingerprint density at radius 1 is 1.05 bits per heavy atom. The molecule has 0 aliphatic rings. The summed E-state index contributed by atoms with van der Waals surface area (Å²) in [5, 5.41) is 18.9. The number of carbonyl (C=O) groups is 1. The molecule has 21 heavy (non-hydrogen) atoms. The van der Waals surface area contributed by atoms with Gasteiger partial charge in [-0.2, -0.15) is 0 Å². The number of likely N-dealkylation sites (N-methyl/N-ethyl adjacent to an activating group) is 1. The predicted molar refractivity (Wildman–Crippen MR) is 81.5 cm³/mol. The van der Waals surface area contributed by atoms with Crippen molar-refractivity contribution in [2.45, 2.75) is 13.0 Å². The van der Waals surface area contributed by atoms with Gasteiger partial charge in [-0.1, -0.05) is 36.4 Å². The fourth-order valence-electron chi connectivity index (χ4n) is 2.27. The van der Waals surface area contributed by atoms with Crippen molar-refractivity contribution in [3.63, 3.8) is 0 Å². The Labute approximate surface area is 124 Å². The molecular formula is C17H19NO3. The first-order chi connectivity index (χ1) is 10.1. The van der Waals surface area contributed by atoms with Gasteiger partial charge >= 0.3 is 5.97 Å². The SMILES string of the molecule is CN(CCc1ccccc1C(=O)O)Cc1ccccc1O. The van der Waals surface area contributed by atoms with E-state index in [0.717, 1.165) is 17.7 Å². The topological polar surface area (TPSA) is 60.8 Å². The molecule has 0 atom stereocenters. The number of phenolic OH excluding ortho intramolecular Hbond substituents is 1. The molecule has 2 N–H and O–H groups in total. The van der Waals surface area contributed by atoms with Gasteiger partial charge in [0, 0.05) is 18.7 Å². The number of aromatic hydroxyl groups is 1. The van der Waals surface area contributed by atoms with E-state index in [1.54, 1.807) is 24.3 Å². The maximum Gasteiger partial charge on any atom is 0.335 e. The number of benzene rings is 2. The lowest BCUT2D eigenvalue weighted by Gasteiger charge is -2.18. The van der Waals surface area contributed by atoms with Crippen LogP contribution in [0.1, 0.15) is 21.5 Å². The van der Waals surface area contributed by atoms with Gasteiger partial charge in [0.1, 0.15) is 5.75 Å². The second-order valence-electron chi connectivity index (χ2n) is 5.08. The van der Waals surface area contributed by atoms with Gasteiger partial charge in [-0.15, -0.1) is 0 Å². The standard InChI is InChI=1S/C17H19NO3/c1-18(12-14-7-3-5-9-16(14)19)11-10-13-6-2-4-8-15(13)17(20)21/h2-9,19H,10-12H2,1H3,(H,20,21). The van der Waals surface area contributed by atoms with E-state index in [1.165, 1.54) is 0 Å². The summed E-state index contributed by atoms with van der Waals surface area (Å²) in [5.41, 5.74) is 2.05. The minimum Gasteiger partial charge on any atom is -0.508 e. The van der Waals surface area contributed by atoms with Gasteiger partial charge in [-0.05, 0) is 31.2 Å². The Balaban J connectivity index is 1.97. The third-order valence-corrected chi connectivity index (χ3v) is 3.44. The van der Waals surface area contributed by atoms with Crippen molar-refractivity contribution in [1.29, 1.82) is 0 Å². The Kier molecular flexibility index (Phi) is 4.95. The second kappa shape index (κ2) is 6.90. The molecule has 2 aromatic rings. The van der Waals surface area contributed by atoms with Crippen LogP contribution < -0.4 is 0 Å². The molecule has 0 heterocycles. The number of nitrogens with zero attached hydrogens (tertiary/aromatic N) is 1. The summed E-state index contributed by atoms with van der Waals surface area (Å²) in [6.45, 7) is 1.35. The Morgan fingerprint density at radius 3 is 2.33 bits per heavy atom. The second-order valence-corrected chi connectivity index (χ2v) is 5.08. The van der Waals surface area contributed by atoms with Crippen molar-refractivity contribution in [3.05, 3.63) is 65.2 Å². The minimum atomic E-state index is -0.894. The number of carboxylic acids is 1. The minimum absolute atomic E-state index is 0.287. The molecular weight excluding hydrogens is 266 g/mol. The summed E-state index contributed by atoms with van der Waals surface area (Å²) in [6.07, 6.45) is 0.659. The molecule has 0 radical (unpaired) electrons. The highest BCUT2D eigenvalue weighted by Crippen LogP contribution is 2.17. The molecule has 0 bridgehead atoms. The zero-order valence-electron chi connectivity index (χ0n) is 12.0. The lowest BCUT2D eigenvalue weighted by atomic mass is 10.0. The quantitative estimate of drug-likeness (QED) is 0.856. The molecule has 0 amide bonds. The van der Waals surface area contributed by atoms with E-state index >= 15 is 0 Å². The van der Waals surface area contributed by atoms with Crippen LogP contribution in [-0.2, 0) is 13.0 Å². The van der Waals surface area contributed by atoms with Crippen LogP contribution in [0.15, 0.2) is 48.5 Å². The molecule has 0 aromatic heterocycles. The Bertz CT molecular complexity index is 625. The lowest BCUT2D eigenvalue weighted by Crippen LogP contribution is -2.21. The van der Waals surface area contributed by atoms with Gasteiger partial charge in [0.15, 0.2) is 0 Å². The first-order valence-electron chi connectivity index (χ1n) is 6.84. The van der Waals surface area contributed by atoms with E-state index in [9.17, 15) is 9.90 Å². The highest BCUT2D eigenvalue weighted by Gasteiger charge is 2.10. The normalized spacial score (nSPS) is 10.8. The summed E-state index contributed by atoms with van der Waals surface area (Å²) >= 11 is 0. The van der Waals surface area contributed by atoms with Crippen LogP contribution in [0.5, 0.6) is 5.75 Å². The average molecular weight is 285 g/mol. The number of carboxylic acid groups (broad SMARTS) is 1. The summed E-state index contributed by atoms with van der Waals surface area (Å²) in [4.78, 5) is 13.2. The van der Waals surface area contributed by atoms with E-state index in [4.69, 9.17) is 5.11 Å². The highest BCUT2D eigenvalue weighted by molar-refractivity contribution is 5.89. The molecule has 4 nitrogen and oxygen atoms in total. The molecule has 0 aliphatic heterocycles. The number of para-hydroxylation sites is 1. The van der Waals surface area contributed by atoms with E-state index in [0.29, 0.717) is 18.5 Å². The Hall–Kier alpha value is -2.33. The van der Waals surface area contributed by atoms with Crippen molar-refractivity contribution in [1.82, 2.24) is 4.90 Å². The summed E-state index contributed by atoms with van der Waals surface area (Å²) in [6, 6.07) is 14.3. The van der Waals surface area contributed by atoms with Crippen molar-refractivity contribution >= 4 is 5.97 Å². The van der Waals surface area contributed by atoms with Crippen LogP contribution in [0.2, 0.25) is 0 Å². The van der Waals surface area contributed by atoms with Crippen LogP contribution in [0.4, 0.5) is 0 Å². The number of hydrogen-bond acceptors (Lipinski definition) is 3. The first kappa shape index (κ1) is 15.1. The molecule has 0 saturated carbocycles. The smallest absolute Gasteiger partial charge is 0.335 e. The van der Waals surface area contributed by atoms with Crippen LogP contribution in [0, 0.1) is 0 Å². The van der Waals surface area contributed by atoms with Crippen molar-refractivity contribution < 1.29 is 15.0 Å². The van der Waals surface area contributed by atoms with Gasteiger partial charge in [-0.3, -0.25) is 0 Å². The summed E-state index contributed by atoms with van der Waals surface area (Å²) in [7, 11) is 1.95. The summed E-state index contributed by atoms with van der Waals surface area (Å²) < 4.78 is 0. The van der Waals surface area contributed by atoms with Gasteiger partial charge in [-0.25, -0.2) is 4.79 Å². The predicted octanol–water partition coefficient (Wildman–Crippen LogP) is 2.76. The average Bonchev–Trinajstić information content (AvgIpc) is 2.48. The van der Waals surface area contributed by atoms with Crippen molar-refractivity contribution in [3.8, 4) is 5.75 Å². The molecule has 0 saturated heterocycles. The molecule has 0 unspecified atom stereocenters. The third kappa shape index (κ3) is 4.07. The number of rotatable bonds is 6. The third-order valence-electron chi connectivity index (χ3n) is 3.44. The zero-order chi connectivity index (χ0) is 15.2. The lowest BCUT2D eigenvalue weighted by molar-refractivity contribution is 0.0695. The monoisotopic (exact) mass is 285 g/mol. The van der Waals surface area contributed by atoms with Gasteiger partial charge < -0.3 is 15.1 Å². The number of phenols is 1. The molecule has 0 fully saturated rings. The largest absolute Gasteiger partial charge is 0.508 e. The molecule has 4 heteroatoms. The van der Waals surface area contributed by atoms with Gasteiger partial charge in [0.2, 0.25) is 0 Å². The maximum absolute atomic E-state index is 11.2. The van der Waals surface area contributed by atoms with Crippen LogP contribution >= 0.6 is 0 Å². The van der Waals surface area contributed by atoms with E-state index in [2.05, 4.69) is 4.90 Å². The molecule has 2 rings (SSSR count). The molecule has 110 valence electrons. The van der Waals surface area contributed by atoms with E-state index < -0.39 is 5.97 Å². The Morgan fingerprint density at radius 2 is 1.67 bits per heavy atom. The van der Waals surface area contributed by atoms with Gasteiger partial charge in [0.05, 0.1) is 5.56 Å². The van der Waals surface area contributed by atoms with Crippen molar-refractivity contribution in [2.24, 2.45) is 0 Å². The number of hydrogen-bond donors (Lipinski definition) is 2. The van der Waals surface area contributed by atoms with Crippen molar-refractivity contribution in [2.75, 3.05) is 13.6 Å². The van der Waals surface area contributed by atoms with Crippen LogP contribution in [0.3, 0.4) is 0 Å². The van der Waals surface area contributed by atoms with E-state index in [1.807, 2.05) is 31.3 Å². The molecule has 0 aliphatic carbocycles. The van der Waals surface area contributed by atoms with Crippen LogP contribution in [-0.4, -0.2) is 34.7 Å². The van der Waals surface area contributed by atoms with Gasteiger partial charge in [0.25, 0.3) is 0 Å². The maximum atomic E-state index is 11.2. The fourth-order valence-corrected chi connectivity index (χ4v) is 2.27. The molecule has 2 aromatic carbocycles. The van der Waals surface area contributed by atoms with E-state index in [-0.39, 0.29) is 5.75 Å². The fraction of sp³-hybridized carbons (Fsp3) is 0.235. The number of aromatic carboxylic acids is 1. The zero-order valence-corrected chi connectivity index (χ0v) is 12.0.